The molecule has 0 atom stereocenters. The van der Waals surface area contributed by atoms with Crippen molar-refractivity contribution >= 4 is 28.8 Å². The molecule has 0 radical (unpaired) electrons. The molecule has 1 fully saturated rings. The average molecular weight is 426 g/mol. The lowest BCUT2D eigenvalue weighted by Crippen LogP contribution is -2.28. The van der Waals surface area contributed by atoms with Crippen molar-refractivity contribution in [3.05, 3.63) is 70.5 Å². The Balaban J connectivity index is 1.71. The highest BCUT2D eigenvalue weighted by atomic mass is 32.2. The number of alkyl halides is 3. The summed E-state index contributed by atoms with van der Waals surface area (Å²) < 4.78 is 52.3. The Kier molecular flexibility index (Phi) is 5.92. The van der Waals surface area contributed by atoms with Gasteiger partial charge in [-0.25, -0.2) is 4.39 Å². The third-order valence-corrected chi connectivity index (χ3v) is 5.05. The van der Waals surface area contributed by atoms with E-state index in [2.05, 4.69) is 5.32 Å². The van der Waals surface area contributed by atoms with Crippen molar-refractivity contribution in [2.75, 3.05) is 5.75 Å². The van der Waals surface area contributed by atoms with Gasteiger partial charge >= 0.3 is 6.18 Å². The van der Waals surface area contributed by atoms with Gasteiger partial charge in [-0.15, -0.1) is 0 Å². The standard InChI is InChI=1S/C19H14F4N2O3S/c20-14-5-4-13(15(7-14)19(21,22)23)8-24-17(27)12-3-1-2-11(6-12)9-25-16(26)10-29-18(25)28/h1-7H,8-10H2,(H,24,27). The van der Waals surface area contributed by atoms with E-state index in [0.29, 0.717) is 11.6 Å². The van der Waals surface area contributed by atoms with E-state index in [9.17, 15) is 31.9 Å². The number of halogens is 4. The summed E-state index contributed by atoms with van der Waals surface area (Å²) >= 11 is 0.893. The van der Waals surface area contributed by atoms with Crippen LogP contribution in [0, 0.1) is 5.82 Å². The van der Waals surface area contributed by atoms with Gasteiger partial charge in [-0.05, 0) is 35.4 Å². The number of nitrogens with zero attached hydrogens (tertiary/aromatic N) is 1. The summed E-state index contributed by atoms with van der Waals surface area (Å²) in [5, 5.41) is 2.00. The number of nitrogens with one attached hydrogen (secondary N) is 1. The molecule has 1 aliphatic heterocycles. The van der Waals surface area contributed by atoms with E-state index in [0.717, 1.165) is 28.8 Å². The van der Waals surface area contributed by atoms with Crippen LogP contribution in [0.1, 0.15) is 27.0 Å². The van der Waals surface area contributed by atoms with E-state index >= 15 is 0 Å². The van der Waals surface area contributed by atoms with Gasteiger partial charge in [0.2, 0.25) is 5.91 Å². The summed E-state index contributed by atoms with van der Waals surface area (Å²) in [5.74, 6) is -1.93. The molecule has 0 bridgehead atoms. The SMILES string of the molecule is O=C(NCc1ccc(F)cc1C(F)(F)F)c1cccc(CN2C(=O)CSC2=O)c1. The summed E-state index contributed by atoms with van der Waals surface area (Å²) in [6.45, 7) is -0.445. The van der Waals surface area contributed by atoms with E-state index in [1.165, 1.54) is 12.1 Å². The fourth-order valence-corrected chi connectivity index (χ4v) is 3.50. The monoisotopic (exact) mass is 426 g/mol. The van der Waals surface area contributed by atoms with E-state index in [4.69, 9.17) is 0 Å². The van der Waals surface area contributed by atoms with E-state index in [1.54, 1.807) is 12.1 Å². The fourth-order valence-electron chi connectivity index (χ4n) is 2.77. The highest BCUT2D eigenvalue weighted by molar-refractivity contribution is 8.14. The van der Waals surface area contributed by atoms with Gasteiger partial charge in [0.25, 0.3) is 11.1 Å². The summed E-state index contributed by atoms with van der Waals surface area (Å²) in [7, 11) is 0. The molecule has 1 N–H and O–H groups in total. The first kappa shape index (κ1) is 20.8. The first-order valence-electron chi connectivity index (χ1n) is 8.35. The maximum absolute atomic E-state index is 13.2. The lowest BCUT2D eigenvalue weighted by Gasteiger charge is -2.15. The summed E-state index contributed by atoms with van der Waals surface area (Å²) in [6.07, 6.45) is -4.76. The maximum atomic E-state index is 13.2. The van der Waals surface area contributed by atoms with E-state index in [-0.39, 0.29) is 34.6 Å². The van der Waals surface area contributed by atoms with Crippen molar-refractivity contribution in [2.24, 2.45) is 0 Å². The molecular weight excluding hydrogens is 412 g/mol. The molecule has 29 heavy (non-hydrogen) atoms. The molecule has 3 rings (SSSR count). The van der Waals surface area contributed by atoms with Crippen LogP contribution in [0.4, 0.5) is 22.4 Å². The largest absolute Gasteiger partial charge is 0.416 e. The number of thioether (sulfide) groups is 1. The first-order valence-corrected chi connectivity index (χ1v) is 9.33. The molecule has 2 aromatic rings. The quantitative estimate of drug-likeness (QED) is 0.735. The Labute approximate surface area is 167 Å². The van der Waals surface area contributed by atoms with Gasteiger partial charge in [-0.1, -0.05) is 30.0 Å². The molecule has 0 aliphatic carbocycles. The average Bonchev–Trinajstić information content (AvgIpc) is 2.98. The Morgan fingerprint density at radius 3 is 2.55 bits per heavy atom. The number of hydrogen-bond acceptors (Lipinski definition) is 4. The van der Waals surface area contributed by atoms with Gasteiger partial charge in [-0.3, -0.25) is 19.3 Å². The number of amides is 3. The third-order valence-electron chi connectivity index (χ3n) is 4.19. The second kappa shape index (κ2) is 8.24. The molecule has 1 aliphatic rings. The number of benzene rings is 2. The van der Waals surface area contributed by atoms with Crippen LogP contribution in [0.25, 0.3) is 0 Å². The highest BCUT2D eigenvalue weighted by Gasteiger charge is 2.34. The molecule has 1 saturated heterocycles. The molecule has 0 spiro atoms. The summed E-state index contributed by atoms with van der Waals surface area (Å²) in [4.78, 5) is 36.8. The molecule has 5 nitrogen and oxygen atoms in total. The van der Waals surface area contributed by atoms with Crippen LogP contribution in [-0.4, -0.2) is 27.7 Å². The molecule has 0 aromatic heterocycles. The number of imide groups is 1. The fraction of sp³-hybridized carbons (Fsp3) is 0.211. The van der Waals surface area contributed by atoms with Crippen molar-refractivity contribution in [1.29, 1.82) is 0 Å². The Morgan fingerprint density at radius 1 is 1.14 bits per heavy atom. The molecular formula is C19H14F4N2O3S. The second-order valence-electron chi connectivity index (χ2n) is 6.22. The molecule has 3 amide bonds. The number of rotatable bonds is 5. The van der Waals surface area contributed by atoms with Crippen molar-refractivity contribution in [2.45, 2.75) is 19.3 Å². The van der Waals surface area contributed by atoms with Gasteiger partial charge < -0.3 is 5.32 Å². The van der Waals surface area contributed by atoms with Gasteiger partial charge in [-0.2, -0.15) is 13.2 Å². The zero-order valence-electron chi connectivity index (χ0n) is 14.8. The van der Waals surface area contributed by atoms with Crippen LogP contribution in [0.3, 0.4) is 0 Å². The maximum Gasteiger partial charge on any atom is 0.416 e. The number of carbonyl (C=O) groups excluding carboxylic acids is 3. The predicted molar refractivity (Wildman–Crippen MR) is 97.4 cm³/mol. The third kappa shape index (κ3) is 4.94. The zero-order chi connectivity index (χ0) is 21.2. The zero-order valence-corrected chi connectivity index (χ0v) is 15.6. The lowest BCUT2D eigenvalue weighted by atomic mass is 10.1. The highest BCUT2D eigenvalue weighted by Crippen LogP contribution is 2.32. The van der Waals surface area contributed by atoms with Crippen molar-refractivity contribution in [1.82, 2.24) is 10.2 Å². The smallest absolute Gasteiger partial charge is 0.348 e. The minimum Gasteiger partial charge on any atom is -0.348 e. The van der Waals surface area contributed by atoms with Crippen LogP contribution in [0.5, 0.6) is 0 Å². The minimum absolute atomic E-state index is 0.00196. The summed E-state index contributed by atoms with van der Waals surface area (Å²) in [5.41, 5.74) is -0.742. The van der Waals surface area contributed by atoms with Crippen LogP contribution >= 0.6 is 11.8 Å². The van der Waals surface area contributed by atoms with Gasteiger partial charge in [0.05, 0.1) is 17.9 Å². The van der Waals surface area contributed by atoms with Crippen LogP contribution in [0.15, 0.2) is 42.5 Å². The molecule has 2 aromatic carbocycles. The van der Waals surface area contributed by atoms with Crippen molar-refractivity contribution in [3.63, 3.8) is 0 Å². The molecule has 152 valence electrons. The Bertz CT molecular complexity index is 962. The van der Waals surface area contributed by atoms with Crippen molar-refractivity contribution in [3.8, 4) is 0 Å². The predicted octanol–water partition coefficient (Wildman–Crippen LogP) is 3.97. The molecule has 1 heterocycles. The normalized spacial score (nSPS) is 14.4. The minimum atomic E-state index is -4.76. The number of carbonyl (C=O) groups is 3. The topological polar surface area (TPSA) is 66.5 Å². The van der Waals surface area contributed by atoms with Gasteiger partial charge in [0.15, 0.2) is 0 Å². The van der Waals surface area contributed by atoms with E-state index < -0.39 is 30.0 Å². The number of hydrogen-bond donors (Lipinski definition) is 1. The second-order valence-corrected chi connectivity index (χ2v) is 7.14. The molecule has 10 heteroatoms. The Morgan fingerprint density at radius 2 is 1.90 bits per heavy atom. The summed E-state index contributed by atoms with van der Waals surface area (Å²) in [6, 6.07) is 8.31. The van der Waals surface area contributed by atoms with Crippen LogP contribution in [0.2, 0.25) is 0 Å². The van der Waals surface area contributed by atoms with E-state index in [1.807, 2.05) is 0 Å². The van der Waals surface area contributed by atoms with Gasteiger partial charge in [0, 0.05) is 12.1 Å². The van der Waals surface area contributed by atoms with Crippen LogP contribution in [-0.2, 0) is 24.1 Å². The Hall–Kier alpha value is -2.88. The lowest BCUT2D eigenvalue weighted by molar-refractivity contribution is -0.138. The van der Waals surface area contributed by atoms with Crippen molar-refractivity contribution < 1.29 is 31.9 Å². The molecule has 0 unspecified atom stereocenters. The molecule has 0 saturated carbocycles. The first-order chi connectivity index (χ1) is 13.6. The van der Waals surface area contributed by atoms with Crippen LogP contribution < -0.4 is 5.32 Å². The van der Waals surface area contributed by atoms with Gasteiger partial charge in [0.1, 0.15) is 5.82 Å².